The Hall–Kier alpha value is -2.05. The monoisotopic (exact) mass is 301 g/mol. The number of benzene rings is 1. The molecule has 21 heavy (non-hydrogen) atoms. The van der Waals surface area contributed by atoms with Gasteiger partial charge in [0.2, 0.25) is 5.91 Å². The number of halogens is 3. The Labute approximate surface area is 119 Å². The van der Waals surface area contributed by atoms with Gasteiger partial charge in [-0.2, -0.15) is 13.2 Å². The van der Waals surface area contributed by atoms with Crippen LogP contribution in [-0.4, -0.2) is 30.7 Å². The standard InChI is InChI=1S/C14H14F3NO3/c1-9(14(15,16)17)21-13(20)10-4-6-11(7-5-10)18-8-2-3-12(18)19/h4-7,9H,2-3,8H2,1H3/t9-/m0/s1. The summed E-state index contributed by atoms with van der Waals surface area (Å²) in [5, 5.41) is 0. The van der Waals surface area contributed by atoms with Crippen LogP contribution in [0.4, 0.5) is 18.9 Å². The van der Waals surface area contributed by atoms with Crippen molar-refractivity contribution in [3.63, 3.8) is 0 Å². The van der Waals surface area contributed by atoms with E-state index in [1.165, 1.54) is 24.3 Å². The van der Waals surface area contributed by atoms with E-state index >= 15 is 0 Å². The van der Waals surface area contributed by atoms with Crippen LogP contribution in [0.2, 0.25) is 0 Å². The molecule has 1 aromatic carbocycles. The average molecular weight is 301 g/mol. The highest BCUT2D eigenvalue weighted by Crippen LogP contribution is 2.25. The van der Waals surface area contributed by atoms with Crippen molar-refractivity contribution in [3.05, 3.63) is 29.8 Å². The Bertz CT molecular complexity index is 539. The zero-order valence-electron chi connectivity index (χ0n) is 11.3. The van der Waals surface area contributed by atoms with Gasteiger partial charge in [0, 0.05) is 18.7 Å². The van der Waals surface area contributed by atoms with E-state index in [1.54, 1.807) is 4.90 Å². The lowest BCUT2D eigenvalue weighted by Crippen LogP contribution is -2.30. The first-order valence-electron chi connectivity index (χ1n) is 6.47. The van der Waals surface area contributed by atoms with E-state index in [0.29, 0.717) is 18.7 Å². The Kier molecular flexibility index (Phi) is 4.20. The fourth-order valence-corrected chi connectivity index (χ4v) is 1.99. The van der Waals surface area contributed by atoms with E-state index in [9.17, 15) is 22.8 Å². The highest BCUT2D eigenvalue weighted by Gasteiger charge is 2.39. The van der Waals surface area contributed by atoms with Gasteiger partial charge in [-0.25, -0.2) is 4.79 Å². The van der Waals surface area contributed by atoms with E-state index in [-0.39, 0.29) is 11.5 Å². The minimum atomic E-state index is -4.59. The SMILES string of the molecule is C[C@H](OC(=O)c1ccc(N2CCCC2=O)cc1)C(F)(F)F. The molecule has 7 heteroatoms. The van der Waals surface area contributed by atoms with E-state index in [0.717, 1.165) is 13.3 Å². The molecule has 0 radical (unpaired) electrons. The third-order valence-corrected chi connectivity index (χ3v) is 3.23. The second-order valence-corrected chi connectivity index (χ2v) is 4.78. The molecule has 0 spiro atoms. The van der Waals surface area contributed by atoms with Crippen molar-refractivity contribution in [3.8, 4) is 0 Å². The molecule has 1 saturated heterocycles. The lowest BCUT2D eigenvalue weighted by atomic mass is 10.2. The number of esters is 1. The van der Waals surface area contributed by atoms with Crippen molar-refractivity contribution in [1.82, 2.24) is 0 Å². The first-order valence-corrected chi connectivity index (χ1v) is 6.47. The summed E-state index contributed by atoms with van der Waals surface area (Å²) >= 11 is 0. The molecule has 2 rings (SSSR count). The number of nitrogens with zero attached hydrogens (tertiary/aromatic N) is 1. The maximum absolute atomic E-state index is 12.3. The van der Waals surface area contributed by atoms with E-state index in [4.69, 9.17) is 0 Å². The summed E-state index contributed by atoms with van der Waals surface area (Å²) in [6.07, 6.45) is -5.50. The Morgan fingerprint density at radius 2 is 1.90 bits per heavy atom. The van der Waals surface area contributed by atoms with Crippen molar-refractivity contribution in [2.75, 3.05) is 11.4 Å². The van der Waals surface area contributed by atoms with Crippen molar-refractivity contribution in [2.45, 2.75) is 32.0 Å². The number of anilines is 1. The molecule has 1 aliphatic rings. The summed E-state index contributed by atoms with van der Waals surface area (Å²) in [6, 6.07) is 5.76. The molecular formula is C14H14F3NO3. The second kappa shape index (κ2) is 5.75. The predicted molar refractivity (Wildman–Crippen MR) is 69.0 cm³/mol. The number of rotatable bonds is 3. The number of hydrogen-bond donors (Lipinski definition) is 0. The van der Waals surface area contributed by atoms with Crippen LogP contribution < -0.4 is 4.90 Å². The summed E-state index contributed by atoms with van der Waals surface area (Å²) in [6.45, 7) is 1.38. The van der Waals surface area contributed by atoms with E-state index in [2.05, 4.69) is 4.74 Å². The zero-order valence-corrected chi connectivity index (χ0v) is 11.3. The van der Waals surface area contributed by atoms with E-state index in [1.807, 2.05) is 0 Å². The zero-order chi connectivity index (χ0) is 15.6. The number of alkyl halides is 3. The molecule has 1 aliphatic heterocycles. The number of carbonyl (C=O) groups is 2. The first kappa shape index (κ1) is 15.3. The largest absolute Gasteiger partial charge is 0.449 e. The average Bonchev–Trinajstić information content (AvgIpc) is 2.84. The molecule has 1 amide bonds. The minimum absolute atomic E-state index is 0.00369. The molecule has 1 fully saturated rings. The van der Waals surface area contributed by atoms with Gasteiger partial charge in [-0.15, -0.1) is 0 Å². The summed E-state index contributed by atoms with van der Waals surface area (Å²) in [4.78, 5) is 24.7. The summed E-state index contributed by atoms with van der Waals surface area (Å²) in [5.74, 6) is -1.05. The first-order chi connectivity index (χ1) is 9.79. The molecule has 1 atom stereocenters. The van der Waals surface area contributed by atoms with Crippen molar-refractivity contribution in [2.24, 2.45) is 0 Å². The van der Waals surface area contributed by atoms with Gasteiger partial charge in [0.1, 0.15) is 0 Å². The van der Waals surface area contributed by atoms with Gasteiger partial charge in [-0.1, -0.05) is 0 Å². The third kappa shape index (κ3) is 3.53. The maximum atomic E-state index is 12.3. The number of ether oxygens (including phenoxy) is 1. The normalized spacial score (nSPS) is 17.0. The van der Waals surface area contributed by atoms with E-state index < -0.39 is 18.2 Å². The van der Waals surface area contributed by atoms with Crippen molar-refractivity contribution >= 4 is 17.6 Å². The number of amides is 1. The van der Waals surface area contributed by atoms with Gasteiger partial charge in [-0.05, 0) is 37.6 Å². The lowest BCUT2D eigenvalue weighted by molar-refractivity contribution is -0.198. The molecular weight excluding hydrogens is 287 g/mol. The highest BCUT2D eigenvalue weighted by molar-refractivity contribution is 5.96. The predicted octanol–water partition coefficient (Wildman–Crippen LogP) is 2.92. The summed E-state index contributed by atoms with van der Waals surface area (Å²) in [5.41, 5.74) is 0.638. The summed E-state index contributed by atoms with van der Waals surface area (Å²) in [7, 11) is 0. The number of carbonyl (C=O) groups excluding carboxylic acids is 2. The van der Waals surface area contributed by atoms with Gasteiger partial charge >= 0.3 is 12.1 Å². The van der Waals surface area contributed by atoms with Crippen molar-refractivity contribution < 1.29 is 27.5 Å². The van der Waals surface area contributed by atoms with Gasteiger partial charge in [-0.3, -0.25) is 4.79 Å². The van der Waals surface area contributed by atoms with Crippen LogP contribution >= 0.6 is 0 Å². The van der Waals surface area contributed by atoms with Crippen LogP contribution in [0.1, 0.15) is 30.1 Å². The van der Waals surface area contributed by atoms with Gasteiger partial charge in [0.25, 0.3) is 0 Å². The fraction of sp³-hybridized carbons (Fsp3) is 0.429. The molecule has 0 unspecified atom stereocenters. The molecule has 0 N–H and O–H groups in total. The fourth-order valence-electron chi connectivity index (χ4n) is 1.99. The Morgan fingerprint density at radius 3 is 2.38 bits per heavy atom. The maximum Gasteiger partial charge on any atom is 0.425 e. The smallest absolute Gasteiger partial charge is 0.425 e. The molecule has 0 saturated carbocycles. The van der Waals surface area contributed by atoms with Gasteiger partial charge in [0.15, 0.2) is 6.10 Å². The molecule has 1 heterocycles. The minimum Gasteiger partial charge on any atom is -0.449 e. The van der Waals surface area contributed by atoms with Gasteiger partial charge in [0.05, 0.1) is 5.56 Å². The second-order valence-electron chi connectivity index (χ2n) is 4.78. The van der Waals surface area contributed by atoms with Crippen LogP contribution in [0.25, 0.3) is 0 Å². The molecule has 114 valence electrons. The lowest BCUT2D eigenvalue weighted by Gasteiger charge is -2.17. The van der Waals surface area contributed by atoms with Gasteiger partial charge < -0.3 is 9.64 Å². The highest BCUT2D eigenvalue weighted by atomic mass is 19.4. The quantitative estimate of drug-likeness (QED) is 0.806. The molecule has 0 bridgehead atoms. The molecule has 0 aromatic heterocycles. The summed E-state index contributed by atoms with van der Waals surface area (Å²) < 4.78 is 41.3. The Morgan fingerprint density at radius 1 is 1.29 bits per heavy atom. The third-order valence-electron chi connectivity index (χ3n) is 3.23. The molecule has 4 nitrogen and oxygen atoms in total. The van der Waals surface area contributed by atoms with Crippen LogP contribution in [0.5, 0.6) is 0 Å². The molecule has 1 aromatic rings. The molecule has 0 aliphatic carbocycles. The Balaban J connectivity index is 2.05. The topological polar surface area (TPSA) is 46.6 Å². The van der Waals surface area contributed by atoms with Crippen LogP contribution in [0.15, 0.2) is 24.3 Å². The van der Waals surface area contributed by atoms with Crippen LogP contribution in [-0.2, 0) is 9.53 Å². The number of hydrogen-bond acceptors (Lipinski definition) is 3. The van der Waals surface area contributed by atoms with Crippen LogP contribution in [0.3, 0.4) is 0 Å². The van der Waals surface area contributed by atoms with Crippen molar-refractivity contribution in [1.29, 1.82) is 0 Å². The van der Waals surface area contributed by atoms with Crippen LogP contribution in [0, 0.1) is 0 Å².